The molecule has 0 aliphatic heterocycles. The zero-order valence-corrected chi connectivity index (χ0v) is 17.2. The van der Waals surface area contributed by atoms with Crippen molar-refractivity contribution in [1.82, 2.24) is 10.6 Å². The molecule has 29 heavy (non-hydrogen) atoms. The molecule has 1 aromatic heterocycles. The lowest BCUT2D eigenvalue weighted by Gasteiger charge is -2.23. The molecule has 156 valence electrons. The molecule has 2 N–H and O–H groups in total. The van der Waals surface area contributed by atoms with Crippen LogP contribution in [0.5, 0.6) is 0 Å². The molecule has 0 radical (unpaired) electrons. The number of imide groups is 1. The molecule has 3 amide bonds. The number of carbonyl (C=O) groups is 3. The Kier molecular flexibility index (Phi) is 6.56. The third-order valence-electron chi connectivity index (χ3n) is 5.46. The Morgan fingerprint density at radius 3 is 2.55 bits per heavy atom. The molecule has 0 unspecified atom stereocenters. The molecule has 1 atom stereocenters. The van der Waals surface area contributed by atoms with Crippen LogP contribution in [0.2, 0.25) is 0 Å². The first-order valence-electron chi connectivity index (χ1n) is 10.1. The van der Waals surface area contributed by atoms with E-state index in [0.717, 1.165) is 42.2 Å². The smallest absolute Gasteiger partial charge is 0.321 e. The molecule has 3 rings (SSSR count). The predicted octanol–water partition coefficient (Wildman–Crippen LogP) is 3.68. The van der Waals surface area contributed by atoms with Gasteiger partial charge in [0, 0.05) is 17.0 Å². The van der Waals surface area contributed by atoms with Gasteiger partial charge in [-0.1, -0.05) is 19.3 Å². The van der Waals surface area contributed by atoms with Crippen LogP contribution in [-0.2, 0) is 20.7 Å². The highest BCUT2D eigenvalue weighted by atomic mass is 16.5. The van der Waals surface area contributed by atoms with Crippen LogP contribution in [0.25, 0.3) is 11.0 Å². The average Bonchev–Trinajstić information content (AvgIpc) is 3.04. The second-order valence-corrected chi connectivity index (χ2v) is 7.80. The molecule has 7 heteroatoms. The molecule has 1 saturated carbocycles. The largest absolute Gasteiger partial charge is 0.464 e. The van der Waals surface area contributed by atoms with E-state index in [9.17, 15) is 14.4 Å². The third-order valence-corrected chi connectivity index (χ3v) is 5.46. The van der Waals surface area contributed by atoms with Crippen LogP contribution in [0.1, 0.15) is 55.7 Å². The fourth-order valence-corrected chi connectivity index (χ4v) is 3.60. The zero-order valence-electron chi connectivity index (χ0n) is 17.2. The number of rotatable bonds is 5. The summed E-state index contributed by atoms with van der Waals surface area (Å²) in [4.78, 5) is 36.4. The van der Waals surface area contributed by atoms with Gasteiger partial charge in [-0.05, 0) is 56.9 Å². The van der Waals surface area contributed by atoms with Crippen molar-refractivity contribution in [3.63, 3.8) is 0 Å². The average molecular weight is 400 g/mol. The van der Waals surface area contributed by atoms with E-state index in [0.29, 0.717) is 11.1 Å². The van der Waals surface area contributed by atoms with Crippen LogP contribution in [0.4, 0.5) is 4.79 Å². The molecule has 1 aliphatic rings. The van der Waals surface area contributed by atoms with E-state index in [1.165, 1.54) is 19.6 Å². The molecular formula is C22H28N2O5. The van der Waals surface area contributed by atoms with Crippen LogP contribution in [-0.4, -0.2) is 30.1 Å². The maximum absolute atomic E-state index is 12.3. The topological polar surface area (TPSA) is 97.6 Å². The Labute approximate surface area is 170 Å². The van der Waals surface area contributed by atoms with Crippen LogP contribution >= 0.6 is 0 Å². The highest BCUT2D eigenvalue weighted by Crippen LogP contribution is 2.25. The van der Waals surface area contributed by atoms with Crippen molar-refractivity contribution >= 4 is 28.9 Å². The molecule has 0 bridgehead atoms. The minimum atomic E-state index is -1.07. The summed E-state index contributed by atoms with van der Waals surface area (Å²) in [7, 11) is 0. The van der Waals surface area contributed by atoms with Gasteiger partial charge in [-0.15, -0.1) is 0 Å². The van der Waals surface area contributed by atoms with E-state index in [1.54, 1.807) is 0 Å². The van der Waals surface area contributed by atoms with Crippen molar-refractivity contribution in [2.24, 2.45) is 0 Å². The van der Waals surface area contributed by atoms with Crippen LogP contribution in [0, 0.1) is 13.8 Å². The summed E-state index contributed by atoms with van der Waals surface area (Å²) in [5.74, 6) is -1.20. The monoisotopic (exact) mass is 400 g/mol. The minimum Gasteiger partial charge on any atom is -0.464 e. The summed E-state index contributed by atoms with van der Waals surface area (Å²) in [6, 6.07) is 3.45. The minimum absolute atomic E-state index is 0.0125. The van der Waals surface area contributed by atoms with Crippen molar-refractivity contribution in [2.45, 2.75) is 71.4 Å². The van der Waals surface area contributed by atoms with Gasteiger partial charge in [0.15, 0.2) is 6.10 Å². The quantitative estimate of drug-likeness (QED) is 0.746. The number of hydrogen-bond donors (Lipinski definition) is 2. The molecule has 1 heterocycles. The number of fused-ring (bicyclic) bond motifs is 1. The number of aryl methyl sites for hydroxylation is 2. The Bertz CT molecular complexity index is 911. The maximum atomic E-state index is 12.3. The van der Waals surface area contributed by atoms with E-state index >= 15 is 0 Å². The lowest BCUT2D eigenvalue weighted by atomic mass is 9.96. The number of amides is 3. The van der Waals surface area contributed by atoms with E-state index < -0.39 is 24.0 Å². The summed E-state index contributed by atoms with van der Waals surface area (Å²) in [5, 5.41) is 5.91. The first-order valence-corrected chi connectivity index (χ1v) is 10.1. The van der Waals surface area contributed by atoms with Gasteiger partial charge in [-0.25, -0.2) is 4.79 Å². The van der Waals surface area contributed by atoms with Crippen molar-refractivity contribution in [1.29, 1.82) is 0 Å². The van der Waals surface area contributed by atoms with Gasteiger partial charge in [0.1, 0.15) is 5.58 Å². The molecule has 7 nitrogen and oxygen atoms in total. The van der Waals surface area contributed by atoms with Gasteiger partial charge in [-0.3, -0.25) is 14.9 Å². The fraction of sp³-hybridized carbons (Fsp3) is 0.500. The van der Waals surface area contributed by atoms with Gasteiger partial charge in [0.05, 0.1) is 12.7 Å². The lowest BCUT2D eigenvalue weighted by molar-refractivity contribution is -0.153. The van der Waals surface area contributed by atoms with E-state index in [4.69, 9.17) is 9.15 Å². The highest BCUT2D eigenvalue weighted by molar-refractivity contribution is 5.97. The number of esters is 1. The van der Waals surface area contributed by atoms with Crippen molar-refractivity contribution in [3.05, 3.63) is 35.1 Å². The SMILES string of the molecule is Cc1cc2occ(CC(=O)O[C@@H](C)C(=O)NC(=O)NC3CCCCC3)c2cc1C. The van der Waals surface area contributed by atoms with Gasteiger partial charge < -0.3 is 14.5 Å². The second kappa shape index (κ2) is 9.11. The summed E-state index contributed by atoms with van der Waals surface area (Å²) in [6.45, 7) is 5.44. The number of benzene rings is 1. The molecule has 0 saturated heterocycles. The van der Waals surface area contributed by atoms with Crippen molar-refractivity contribution in [3.8, 4) is 0 Å². The first kappa shape index (κ1) is 20.9. The normalized spacial score (nSPS) is 15.7. The number of ether oxygens (including phenoxy) is 1. The maximum Gasteiger partial charge on any atom is 0.321 e. The molecule has 1 aromatic carbocycles. The standard InChI is InChI=1S/C22H28N2O5/c1-13-9-18-16(12-28-19(18)10-14(13)2)11-20(25)29-15(3)21(26)24-22(27)23-17-7-5-4-6-8-17/h9-10,12,15,17H,4-8,11H2,1-3H3,(H2,23,24,26,27)/t15-/m0/s1. The van der Waals surface area contributed by atoms with Gasteiger partial charge in [0.2, 0.25) is 0 Å². The van der Waals surface area contributed by atoms with Crippen LogP contribution in [0.15, 0.2) is 22.8 Å². The summed E-state index contributed by atoms with van der Waals surface area (Å²) < 4.78 is 10.7. The van der Waals surface area contributed by atoms with Crippen LogP contribution in [0.3, 0.4) is 0 Å². The van der Waals surface area contributed by atoms with Gasteiger partial charge in [0.25, 0.3) is 5.91 Å². The molecule has 2 aromatic rings. The molecule has 1 fully saturated rings. The summed E-state index contributed by atoms with van der Waals surface area (Å²) in [5.41, 5.74) is 3.62. The fourth-order valence-electron chi connectivity index (χ4n) is 3.60. The number of hydrogen-bond acceptors (Lipinski definition) is 5. The molecular weight excluding hydrogens is 372 g/mol. The summed E-state index contributed by atoms with van der Waals surface area (Å²) >= 11 is 0. The number of urea groups is 1. The lowest BCUT2D eigenvalue weighted by Crippen LogP contribution is -2.48. The Morgan fingerprint density at radius 1 is 1.14 bits per heavy atom. The second-order valence-electron chi connectivity index (χ2n) is 7.80. The number of furan rings is 1. The zero-order chi connectivity index (χ0) is 21.0. The van der Waals surface area contributed by atoms with Gasteiger partial charge >= 0.3 is 12.0 Å². The Balaban J connectivity index is 1.51. The third kappa shape index (κ3) is 5.37. The highest BCUT2D eigenvalue weighted by Gasteiger charge is 2.23. The van der Waals surface area contributed by atoms with Crippen molar-refractivity contribution < 1.29 is 23.5 Å². The summed E-state index contributed by atoms with van der Waals surface area (Å²) in [6.07, 6.45) is 5.63. The van der Waals surface area contributed by atoms with Crippen molar-refractivity contribution in [2.75, 3.05) is 0 Å². The number of nitrogens with one attached hydrogen (secondary N) is 2. The van der Waals surface area contributed by atoms with E-state index in [-0.39, 0.29) is 12.5 Å². The Hall–Kier alpha value is -2.83. The first-order chi connectivity index (χ1) is 13.8. The van der Waals surface area contributed by atoms with Crippen LogP contribution < -0.4 is 10.6 Å². The predicted molar refractivity (Wildman–Crippen MR) is 108 cm³/mol. The Morgan fingerprint density at radius 2 is 1.83 bits per heavy atom. The van der Waals surface area contributed by atoms with E-state index in [2.05, 4.69) is 10.6 Å². The number of carbonyl (C=O) groups excluding carboxylic acids is 3. The van der Waals surface area contributed by atoms with E-state index in [1.807, 2.05) is 26.0 Å². The van der Waals surface area contributed by atoms with Gasteiger partial charge in [-0.2, -0.15) is 0 Å². The molecule has 1 aliphatic carbocycles. The molecule has 0 spiro atoms.